The first-order valence-corrected chi connectivity index (χ1v) is 10.4. The maximum atomic E-state index is 13.9. The largest absolute Gasteiger partial charge is 0.448 e. The fraction of sp³-hybridized carbons (Fsp3) is 0.333. The van der Waals surface area contributed by atoms with Crippen molar-refractivity contribution in [2.45, 2.75) is 32.0 Å². The maximum absolute atomic E-state index is 13.9. The van der Waals surface area contributed by atoms with Crippen LogP contribution in [0.5, 0.6) is 0 Å². The van der Waals surface area contributed by atoms with Crippen LogP contribution in [-0.4, -0.2) is 58.6 Å². The van der Waals surface area contributed by atoms with E-state index in [4.69, 9.17) is 4.74 Å². The van der Waals surface area contributed by atoms with Gasteiger partial charge in [0.05, 0.1) is 12.7 Å². The smallest absolute Gasteiger partial charge is 0.412 e. The lowest BCUT2D eigenvalue weighted by Gasteiger charge is -2.29. The third kappa shape index (κ3) is 6.23. The Balaban J connectivity index is 1.63. The molecule has 0 aliphatic heterocycles. The number of halogens is 1. The summed E-state index contributed by atoms with van der Waals surface area (Å²) in [4.78, 5) is 18.4. The third-order valence-electron chi connectivity index (χ3n) is 5.45. The highest BCUT2D eigenvalue weighted by atomic mass is 19.1. The number of benzene rings is 2. The Kier molecular flexibility index (Phi) is 8.10. The van der Waals surface area contributed by atoms with Gasteiger partial charge in [-0.25, -0.2) is 14.2 Å². The monoisotopic (exact) mass is 441 g/mol. The van der Waals surface area contributed by atoms with Gasteiger partial charge in [-0.2, -0.15) is 0 Å². The Labute approximate surface area is 186 Å². The molecule has 0 fully saturated rings. The van der Waals surface area contributed by atoms with Crippen molar-refractivity contribution >= 4 is 22.7 Å². The summed E-state index contributed by atoms with van der Waals surface area (Å²) in [6, 6.07) is 13.9. The lowest BCUT2D eigenvalue weighted by atomic mass is 10.1. The summed E-state index contributed by atoms with van der Waals surface area (Å²) in [7, 11) is 1.80. The number of hydrogen-bond acceptors (Lipinski definition) is 6. The van der Waals surface area contributed by atoms with Gasteiger partial charge in [-0.15, -0.1) is 0 Å². The van der Waals surface area contributed by atoms with Gasteiger partial charge in [0.15, 0.2) is 0 Å². The molecule has 0 saturated heterocycles. The summed E-state index contributed by atoms with van der Waals surface area (Å²) in [6.07, 6.45) is 0.208. The standard InChI is InChI=1S/C24H28FN3O4/c1-16-19(8-5-9-22(16)25)13-28(2)20(11-21(30)14-29)15-32-24(31)27-23-10-17-6-3-4-7-18(17)12-26-23/h3-10,12,20-21,29-30H,11,13-15H2,1-2H3,(H,26,27,31)/t20-,21+/m0/s1. The van der Waals surface area contributed by atoms with E-state index in [-0.39, 0.29) is 18.8 Å². The average Bonchev–Trinajstić information content (AvgIpc) is 2.79. The van der Waals surface area contributed by atoms with Crippen LogP contribution < -0.4 is 5.32 Å². The summed E-state index contributed by atoms with van der Waals surface area (Å²) in [5.41, 5.74) is 1.34. The summed E-state index contributed by atoms with van der Waals surface area (Å²) in [6.45, 7) is 1.66. The van der Waals surface area contributed by atoms with Crippen LogP contribution in [-0.2, 0) is 11.3 Å². The van der Waals surface area contributed by atoms with Gasteiger partial charge >= 0.3 is 6.09 Å². The van der Waals surface area contributed by atoms with E-state index in [2.05, 4.69) is 10.3 Å². The van der Waals surface area contributed by atoms with Gasteiger partial charge in [0.2, 0.25) is 0 Å². The van der Waals surface area contributed by atoms with Crippen molar-refractivity contribution in [3.8, 4) is 0 Å². The first-order chi connectivity index (χ1) is 15.4. The molecule has 3 aromatic rings. The van der Waals surface area contributed by atoms with Gasteiger partial charge in [-0.05, 0) is 49.0 Å². The number of aliphatic hydroxyl groups is 2. The minimum Gasteiger partial charge on any atom is -0.448 e. The number of ether oxygens (including phenoxy) is 1. The molecule has 0 aliphatic carbocycles. The number of fused-ring (bicyclic) bond motifs is 1. The van der Waals surface area contributed by atoms with Crippen LogP contribution in [0.4, 0.5) is 15.0 Å². The second kappa shape index (κ2) is 11.0. The molecule has 0 spiro atoms. The minimum absolute atomic E-state index is 0.0265. The van der Waals surface area contributed by atoms with Crippen molar-refractivity contribution in [3.63, 3.8) is 0 Å². The molecular formula is C24H28FN3O4. The van der Waals surface area contributed by atoms with Crippen molar-refractivity contribution in [3.05, 3.63) is 71.7 Å². The Morgan fingerprint density at radius 1 is 1.22 bits per heavy atom. The Hall–Kier alpha value is -3.07. The Bertz CT molecular complexity index is 1060. The third-order valence-corrected chi connectivity index (χ3v) is 5.45. The van der Waals surface area contributed by atoms with Crippen LogP contribution in [0, 0.1) is 12.7 Å². The van der Waals surface area contributed by atoms with Crippen LogP contribution >= 0.6 is 0 Å². The molecule has 2 aromatic carbocycles. The lowest BCUT2D eigenvalue weighted by Crippen LogP contribution is -2.40. The number of aromatic nitrogens is 1. The fourth-order valence-electron chi connectivity index (χ4n) is 3.45. The van der Waals surface area contributed by atoms with Crippen molar-refractivity contribution in [2.75, 3.05) is 25.6 Å². The van der Waals surface area contributed by atoms with Crippen molar-refractivity contribution < 1.29 is 24.1 Å². The molecule has 7 nitrogen and oxygen atoms in total. The lowest BCUT2D eigenvalue weighted by molar-refractivity contribution is 0.0381. The quantitative estimate of drug-likeness (QED) is 0.471. The topological polar surface area (TPSA) is 94.9 Å². The van der Waals surface area contributed by atoms with Crippen LogP contribution in [0.3, 0.4) is 0 Å². The maximum Gasteiger partial charge on any atom is 0.412 e. The summed E-state index contributed by atoms with van der Waals surface area (Å²) >= 11 is 0. The zero-order valence-electron chi connectivity index (χ0n) is 18.2. The normalized spacial score (nSPS) is 13.2. The van der Waals surface area contributed by atoms with Gasteiger partial charge in [0.25, 0.3) is 0 Å². The number of hydrogen-bond donors (Lipinski definition) is 3. The summed E-state index contributed by atoms with van der Waals surface area (Å²) < 4.78 is 19.3. The predicted molar refractivity (Wildman–Crippen MR) is 121 cm³/mol. The molecule has 170 valence electrons. The number of likely N-dealkylation sites (N-methyl/N-ethyl adjacent to an activating group) is 1. The molecule has 3 rings (SSSR count). The number of amides is 1. The molecule has 0 radical (unpaired) electrons. The number of nitrogens with one attached hydrogen (secondary N) is 1. The summed E-state index contributed by atoms with van der Waals surface area (Å²) in [5, 5.41) is 23.7. The molecule has 0 unspecified atom stereocenters. The molecule has 3 N–H and O–H groups in total. The molecule has 0 bridgehead atoms. The van der Waals surface area contributed by atoms with E-state index in [9.17, 15) is 19.4 Å². The van der Waals surface area contributed by atoms with Gasteiger partial charge in [0.1, 0.15) is 18.2 Å². The van der Waals surface area contributed by atoms with Crippen molar-refractivity contribution in [1.82, 2.24) is 9.88 Å². The number of anilines is 1. The molecule has 1 amide bonds. The van der Waals surface area contributed by atoms with Crippen LogP contribution in [0.1, 0.15) is 17.5 Å². The molecule has 1 heterocycles. The van der Waals surface area contributed by atoms with Crippen LogP contribution in [0.15, 0.2) is 54.7 Å². The highest BCUT2D eigenvalue weighted by Gasteiger charge is 2.22. The first-order valence-electron chi connectivity index (χ1n) is 10.4. The second-order valence-corrected chi connectivity index (χ2v) is 7.81. The second-order valence-electron chi connectivity index (χ2n) is 7.81. The predicted octanol–water partition coefficient (Wildman–Crippen LogP) is 3.47. The molecular weight excluding hydrogens is 413 g/mol. The number of carbonyl (C=O) groups is 1. The number of nitrogens with zero attached hydrogens (tertiary/aromatic N) is 2. The van der Waals surface area contributed by atoms with E-state index >= 15 is 0 Å². The number of pyridine rings is 1. The van der Waals surface area contributed by atoms with E-state index in [1.807, 2.05) is 35.2 Å². The van der Waals surface area contributed by atoms with Gasteiger partial charge in [-0.1, -0.05) is 36.4 Å². The van der Waals surface area contributed by atoms with E-state index < -0.39 is 24.8 Å². The molecule has 0 aliphatic rings. The van der Waals surface area contributed by atoms with Crippen molar-refractivity contribution in [2.24, 2.45) is 0 Å². The number of aliphatic hydroxyl groups excluding tert-OH is 2. The SMILES string of the molecule is Cc1c(F)cccc1CN(C)[C@H](COC(=O)Nc1cc2ccccc2cn1)C[C@@H](O)CO. The highest BCUT2D eigenvalue weighted by Crippen LogP contribution is 2.18. The van der Waals surface area contributed by atoms with Gasteiger partial charge in [-0.3, -0.25) is 10.2 Å². The fourth-order valence-corrected chi connectivity index (χ4v) is 3.45. The highest BCUT2D eigenvalue weighted by molar-refractivity contribution is 5.89. The van der Waals surface area contributed by atoms with Gasteiger partial charge in [0, 0.05) is 24.2 Å². The van der Waals surface area contributed by atoms with Crippen LogP contribution in [0.25, 0.3) is 10.8 Å². The van der Waals surface area contributed by atoms with E-state index in [0.717, 1.165) is 16.3 Å². The van der Waals surface area contributed by atoms with E-state index in [1.54, 1.807) is 32.3 Å². The molecule has 8 heteroatoms. The Morgan fingerprint density at radius 3 is 2.72 bits per heavy atom. The van der Waals surface area contributed by atoms with Gasteiger partial charge < -0.3 is 14.9 Å². The molecule has 0 saturated carbocycles. The zero-order chi connectivity index (χ0) is 23.1. The van der Waals surface area contributed by atoms with Crippen molar-refractivity contribution in [1.29, 1.82) is 0 Å². The number of rotatable bonds is 9. The first kappa shape index (κ1) is 23.6. The number of carbonyl (C=O) groups excluding carboxylic acids is 1. The molecule has 2 atom stereocenters. The minimum atomic E-state index is -0.968. The average molecular weight is 442 g/mol. The zero-order valence-corrected chi connectivity index (χ0v) is 18.2. The van der Waals surface area contributed by atoms with E-state index in [1.165, 1.54) is 6.07 Å². The molecule has 1 aromatic heterocycles. The molecule has 32 heavy (non-hydrogen) atoms. The van der Waals surface area contributed by atoms with Crippen LogP contribution in [0.2, 0.25) is 0 Å². The Morgan fingerprint density at radius 2 is 1.97 bits per heavy atom. The van der Waals surface area contributed by atoms with E-state index in [0.29, 0.717) is 17.9 Å². The summed E-state index contributed by atoms with van der Waals surface area (Å²) in [5.74, 6) is 0.0748.